The van der Waals surface area contributed by atoms with E-state index in [1.165, 1.54) is 0 Å². The van der Waals surface area contributed by atoms with E-state index in [0.717, 1.165) is 12.8 Å². The average molecular weight is 424 g/mol. The molecule has 31 heavy (non-hydrogen) atoms. The van der Waals surface area contributed by atoms with Gasteiger partial charge in [-0.1, -0.05) is 6.07 Å². The maximum Gasteiger partial charge on any atom is 0.253 e. The van der Waals surface area contributed by atoms with E-state index >= 15 is 0 Å². The molecule has 8 heteroatoms. The fourth-order valence-corrected chi connectivity index (χ4v) is 4.96. The summed E-state index contributed by atoms with van der Waals surface area (Å²) in [7, 11) is 5.20. The van der Waals surface area contributed by atoms with Crippen molar-refractivity contribution < 1.29 is 14.3 Å². The van der Waals surface area contributed by atoms with E-state index in [9.17, 15) is 9.59 Å². The number of likely N-dealkylation sites (tertiary alicyclic amines) is 1. The van der Waals surface area contributed by atoms with Gasteiger partial charge in [-0.2, -0.15) is 0 Å². The van der Waals surface area contributed by atoms with Crippen LogP contribution in [0.4, 0.5) is 5.95 Å². The van der Waals surface area contributed by atoms with Crippen LogP contribution in [0, 0.1) is 11.3 Å². The van der Waals surface area contributed by atoms with Crippen LogP contribution in [0.3, 0.4) is 0 Å². The van der Waals surface area contributed by atoms with Crippen LogP contribution in [0.25, 0.3) is 0 Å². The van der Waals surface area contributed by atoms with Crippen LogP contribution in [-0.4, -0.2) is 79.0 Å². The van der Waals surface area contributed by atoms with Crippen molar-refractivity contribution in [3.63, 3.8) is 0 Å². The summed E-state index contributed by atoms with van der Waals surface area (Å²) in [6, 6.07) is 9.02. The Morgan fingerprint density at radius 1 is 1.16 bits per heavy atom. The first-order chi connectivity index (χ1) is 14.9. The SMILES string of the molecule is COc1cccc(C(=O)N2CCC[C@]3(C(=O)N(C)C)CN(c4ncccn4)C[C@@H]3C2)c1. The lowest BCUT2D eigenvalue weighted by Gasteiger charge is -2.34. The number of amides is 2. The number of carbonyl (C=O) groups is 2. The predicted octanol–water partition coefficient (Wildman–Crippen LogP) is 1.93. The molecule has 2 aromatic rings. The van der Waals surface area contributed by atoms with Gasteiger partial charge in [-0.05, 0) is 37.1 Å². The van der Waals surface area contributed by atoms with Crippen molar-refractivity contribution in [3.8, 4) is 5.75 Å². The molecule has 0 radical (unpaired) electrons. The van der Waals surface area contributed by atoms with Crippen LogP contribution in [0.2, 0.25) is 0 Å². The number of methoxy groups -OCH3 is 1. The summed E-state index contributed by atoms with van der Waals surface area (Å²) in [4.78, 5) is 41.2. The topological polar surface area (TPSA) is 78.9 Å². The second-order valence-corrected chi connectivity index (χ2v) is 8.57. The van der Waals surface area contributed by atoms with Gasteiger partial charge < -0.3 is 19.4 Å². The Bertz CT molecular complexity index is 951. The van der Waals surface area contributed by atoms with Gasteiger partial charge in [-0.3, -0.25) is 9.59 Å². The summed E-state index contributed by atoms with van der Waals surface area (Å²) < 4.78 is 5.28. The Hall–Kier alpha value is -3.16. The van der Waals surface area contributed by atoms with Crippen molar-refractivity contribution in [2.45, 2.75) is 12.8 Å². The van der Waals surface area contributed by atoms with Gasteiger partial charge in [0.05, 0.1) is 12.5 Å². The van der Waals surface area contributed by atoms with Crippen LogP contribution in [0.5, 0.6) is 5.75 Å². The van der Waals surface area contributed by atoms with E-state index in [1.54, 1.807) is 50.6 Å². The Kier molecular flexibility index (Phi) is 5.80. The van der Waals surface area contributed by atoms with Crippen LogP contribution in [-0.2, 0) is 4.79 Å². The lowest BCUT2D eigenvalue weighted by Crippen LogP contribution is -2.47. The molecular weight excluding hydrogens is 394 g/mol. The summed E-state index contributed by atoms with van der Waals surface area (Å²) in [5, 5.41) is 0. The van der Waals surface area contributed by atoms with Gasteiger partial charge in [0.15, 0.2) is 0 Å². The average Bonchev–Trinajstić information content (AvgIpc) is 3.07. The summed E-state index contributed by atoms with van der Waals surface area (Å²) in [5.41, 5.74) is 0.0542. The molecule has 0 aliphatic carbocycles. The first-order valence-corrected chi connectivity index (χ1v) is 10.6. The summed E-state index contributed by atoms with van der Waals surface area (Å²) >= 11 is 0. The molecule has 2 fully saturated rings. The third-order valence-electron chi connectivity index (χ3n) is 6.46. The molecule has 4 rings (SSSR count). The second-order valence-electron chi connectivity index (χ2n) is 8.57. The van der Waals surface area contributed by atoms with Gasteiger partial charge >= 0.3 is 0 Å². The molecule has 0 unspecified atom stereocenters. The highest BCUT2D eigenvalue weighted by atomic mass is 16.5. The smallest absolute Gasteiger partial charge is 0.253 e. The number of anilines is 1. The third-order valence-corrected chi connectivity index (χ3v) is 6.46. The fourth-order valence-electron chi connectivity index (χ4n) is 4.96. The van der Waals surface area contributed by atoms with Gasteiger partial charge in [0.25, 0.3) is 5.91 Å². The highest BCUT2D eigenvalue weighted by molar-refractivity contribution is 5.95. The lowest BCUT2D eigenvalue weighted by molar-refractivity contribution is -0.141. The summed E-state index contributed by atoms with van der Waals surface area (Å²) in [6.07, 6.45) is 4.94. The Labute approximate surface area is 182 Å². The fraction of sp³-hybridized carbons (Fsp3) is 0.478. The Balaban J connectivity index is 1.63. The van der Waals surface area contributed by atoms with Gasteiger partial charge in [-0.25, -0.2) is 9.97 Å². The maximum absolute atomic E-state index is 13.4. The van der Waals surface area contributed by atoms with Crippen LogP contribution in [0.1, 0.15) is 23.2 Å². The maximum atomic E-state index is 13.4. The van der Waals surface area contributed by atoms with E-state index in [1.807, 2.05) is 23.1 Å². The monoisotopic (exact) mass is 423 g/mol. The van der Waals surface area contributed by atoms with E-state index in [4.69, 9.17) is 4.74 Å². The standard InChI is InChI=1S/C23H29N5O3/c1-26(2)21(30)23-9-5-12-27(20(29)17-7-4-8-19(13-17)31-3)14-18(23)15-28(16-23)22-24-10-6-11-25-22/h4,6-8,10-11,13,18H,5,9,12,14-16H2,1-3H3/t18-,23-/m0/s1. The number of hydrogen-bond acceptors (Lipinski definition) is 6. The minimum atomic E-state index is -0.549. The number of ether oxygens (including phenoxy) is 1. The van der Waals surface area contributed by atoms with Crippen molar-refractivity contribution in [2.75, 3.05) is 52.3 Å². The molecular formula is C23H29N5O3. The molecule has 0 N–H and O–H groups in total. The molecule has 0 spiro atoms. The minimum Gasteiger partial charge on any atom is -0.497 e. The van der Waals surface area contributed by atoms with Gasteiger partial charge in [-0.15, -0.1) is 0 Å². The summed E-state index contributed by atoms with van der Waals surface area (Å²) in [5.74, 6) is 1.38. The first kappa shape index (κ1) is 21.1. The molecule has 2 saturated heterocycles. The second kappa shape index (κ2) is 8.53. The van der Waals surface area contributed by atoms with E-state index < -0.39 is 5.41 Å². The van der Waals surface area contributed by atoms with E-state index in [-0.39, 0.29) is 17.7 Å². The van der Waals surface area contributed by atoms with Crippen molar-refractivity contribution in [1.82, 2.24) is 19.8 Å². The zero-order chi connectivity index (χ0) is 22.0. The molecule has 2 atom stereocenters. The molecule has 8 nitrogen and oxygen atoms in total. The summed E-state index contributed by atoms with van der Waals surface area (Å²) in [6.45, 7) is 2.38. The molecule has 2 aliphatic heterocycles. The number of fused-ring (bicyclic) bond motifs is 1. The number of carbonyl (C=O) groups excluding carboxylic acids is 2. The number of hydrogen-bond donors (Lipinski definition) is 0. The highest BCUT2D eigenvalue weighted by Gasteiger charge is 2.54. The van der Waals surface area contributed by atoms with Crippen LogP contribution < -0.4 is 9.64 Å². The normalized spacial score (nSPS) is 23.1. The highest BCUT2D eigenvalue weighted by Crippen LogP contribution is 2.44. The number of benzene rings is 1. The quantitative estimate of drug-likeness (QED) is 0.748. The molecule has 0 saturated carbocycles. The molecule has 3 heterocycles. The molecule has 2 amide bonds. The first-order valence-electron chi connectivity index (χ1n) is 10.6. The molecule has 164 valence electrons. The molecule has 0 bridgehead atoms. The number of aromatic nitrogens is 2. The van der Waals surface area contributed by atoms with E-state index in [2.05, 4.69) is 14.9 Å². The number of rotatable bonds is 4. The van der Waals surface area contributed by atoms with Crippen molar-refractivity contribution in [1.29, 1.82) is 0 Å². The van der Waals surface area contributed by atoms with Crippen LogP contribution in [0.15, 0.2) is 42.7 Å². The molecule has 1 aromatic heterocycles. The molecule has 2 aliphatic rings. The minimum absolute atomic E-state index is 0.00302. The zero-order valence-corrected chi connectivity index (χ0v) is 18.3. The molecule has 1 aromatic carbocycles. The van der Waals surface area contributed by atoms with Gasteiger partial charge in [0.2, 0.25) is 11.9 Å². The zero-order valence-electron chi connectivity index (χ0n) is 18.3. The van der Waals surface area contributed by atoms with Gasteiger partial charge in [0, 0.05) is 64.1 Å². The predicted molar refractivity (Wildman–Crippen MR) is 117 cm³/mol. The van der Waals surface area contributed by atoms with Gasteiger partial charge in [0.1, 0.15) is 5.75 Å². The Morgan fingerprint density at radius 3 is 2.65 bits per heavy atom. The number of nitrogens with zero attached hydrogens (tertiary/aromatic N) is 5. The lowest BCUT2D eigenvalue weighted by atomic mass is 9.74. The Morgan fingerprint density at radius 2 is 1.94 bits per heavy atom. The van der Waals surface area contributed by atoms with E-state index in [0.29, 0.717) is 43.4 Å². The van der Waals surface area contributed by atoms with Crippen molar-refractivity contribution >= 4 is 17.8 Å². The van der Waals surface area contributed by atoms with Crippen LogP contribution >= 0.6 is 0 Å². The third kappa shape index (κ3) is 3.94. The van der Waals surface area contributed by atoms with Crippen molar-refractivity contribution in [3.05, 3.63) is 48.3 Å². The largest absolute Gasteiger partial charge is 0.497 e. The van der Waals surface area contributed by atoms with Crippen molar-refractivity contribution in [2.24, 2.45) is 11.3 Å².